The molecule has 2 atom stereocenters. The molecule has 0 fully saturated rings. The zero-order valence-electron chi connectivity index (χ0n) is 11.0. The maximum atomic E-state index is 11.9. The van der Waals surface area contributed by atoms with E-state index in [1.54, 1.807) is 7.05 Å². The number of nitrogens with one attached hydrogen (secondary N) is 1. The SMILES string of the molecule is CCCC(C(=O)CC)C(CCC)C(=O)NC. The van der Waals surface area contributed by atoms with Crippen LogP contribution in [-0.2, 0) is 9.59 Å². The van der Waals surface area contributed by atoms with Gasteiger partial charge in [-0.1, -0.05) is 33.6 Å². The number of ketones is 1. The van der Waals surface area contributed by atoms with E-state index in [1.165, 1.54) is 0 Å². The first-order valence-electron chi connectivity index (χ1n) is 6.36. The summed E-state index contributed by atoms with van der Waals surface area (Å²) in [5.41, 5.74) is 0. The molecule has 0 aromatic heterocycles. The highest BCUT2D eigenvalue weighted by atomic mass is 16.2. The summed E-state index contributed by atoms with van der Waals surface area (Å²) in [6.45, 7) is 5.98. The summed E-state index contributed by atoms with van der Waals surface area (Å²) in [7, 11) is 1.64. The van der Waals surface area contributed by atoms with Gasteiger partial charge in [0, 0.05) is 25.3 Å². The van der Waals surface area contributed by atoms with E-state index in [0.29, 0.717) is 6.42 Å². The van der Waals surface area contributed by atoms with Crippen molar-refractivity contribution in [2.75, 3.05) is 7.05 Å². The van der Waals surface area contributed by atoms with E-state index < -0.39 is 0 Å². The normalized spacial score (nSPS) is 14.2. The fourth-order valence-electron chi connectivity index (χ4n) is 2.17. The molecule has 0 bridgehead atoms. The maximum Gasteiger partial charge on any atom is 0.223 e. The molecule has 3 heteroatoms. The Morgan fingerprint density at radius 2 is 1.50 bits per heavy atom. The van der Waals surface area contributed by atoms with Crippen LogP contribution >= 0.6 is 0 Å². The minimum Gasteiger partial charge on any atom is -0.359 e. The average molecular weight is 227 g/mol. The summed E-state index contributed by atoms with van der Waals surface area (Å²) in [5.74, 6) is 0.0169. The van der Waals surface area contributed by atoms with Crippen molar-refractivity contribution < 1.29 is 9.59 Å². The van der Waals surface area contributed by atoms with Crippen LogP contribution in [0.4, 0.5) is 0 Å². The highest BCUT2D eigenvalue weighted by Gasteiger charge is 2.30. The Hall–Kier alpha value is -0.860. The van der Waals surface area contributed by atoms with Gasteiger partial charge in [-0.3, -0.25) is 9.59 Å². The monoisotopic (exact) mass is 227 g/mol. The van der Waals surface area contributed by atoms with Crippen molar-refractivity contribution in [2.24, 2.45) is 11.8 Å². The zero-order chi connectivity index (χ0) is 12.6. The molecule has 3 nitrogen and oxygen atoms in total. The van der Waals surface area contributed by atoms with E-state index >= 15 is 0 Å². The molecule has 0 aromatic carbocycles. The van der Waals surface area contributed by atoms with Crippen LogP contribution in [0.2, 0.25) is 0 Å². The van der Waals surface area contributed by atoms with Gasteiger partial charge in [-0.05, 0) is 12.8 Å². The van der Waals surface area contributed by atoms with E-state index in [0.717, 1.165) is 25.7 Å². The Morgan fingerprint density at radius 1 is 1.00 bits per heavy atom. The van der Waals surface area contributed by atoms with Crippen molar-refractivity contribution in [3.8, 4) is 0 Å². The number of amides is 1. The molecular formula is C13H25NO2. The van der Waals surface area contributed by atoms with Gasteiger partial charge in [-0.2, -0.15) is 0 Å². The Balaban J connectivity index is 4.77. The molecule has 0 rings (SSSR count). The van der Waals surface area contributed by atoms with Crippen molar-refractivity contribution >= 4 is 11.7 Å². The summed E-state index contributed by atoms with van der Waals surface area (Å²) < 4.78 is 0. The van der Waals surface area contributed by atoms with Crippen LogP contribution in [0.5, 0.6) is 0 Å². The molecular weight excluding hydrogens is 202 g/mol. The van der Waals surface area contributed by atoms with Crippen LogP contribution in [0.25, 0.3) is 0 Å². The van der Waals surface area contributed by atoms with E-state index in [9.17, 15) is 9.59 Å². The molecule has 2 unspecified atom stereocenters. The van der Waals surface area contributed by atoms with Gasteiger partial charge in [0.2, 0.25) is 5.91 Å². The minimum absolute atomic E-state index is 0.0158. The third kappa shape index (κ3) is 4.33. The largest absolute Gasteiger partial charge is 0.359 e. The van der Waals surface area contributed by atoms with Gasteiger partial charge >= 0.3 is 0 Å². The Labute approximate surface area is 99.0 Å². The summed E-state index contributed by atoms with van der Waals surface area (Å²) >= 11 is 0. The van der Waals surface area contributed by atoms with Gasteiger partial charge in [-0.15, -0.1) is 0 Å². The minimum atomic E-state index is -0.137. The third-order valence-electron chi connectivity index (χ3n) is 3.03. The number of hydrogen-bond acceptors (Lipinski definition) is 2. The van der Waals surface area contributed by atoms with E-state index in [4.69, 9.17) is 0 Å². The second-order valence-corrected chi connectivity index (χ2v) is 4.22. The third-order valence-corrected chi connectivity index (χ3v) is 3.03. The number of Topliss-reactive ketones (excluding diaryl/α,β-unsaturated/α-hetero) is 1. The van der Waals surface area contributed by atoms with Crippen LogP contribution in [-0.4, -0.2) is 18.7 Å². The summed E-state index contributed by atoms with van der Waals surface area (Å²) in [4.78, 5) is 23.6. The lowest BCUT2D eigenvalue weighted by molar-refractivity contribution is -0.133. The molecule has 1 N–H and O–H groups in total. The van der Waals surface area contributed by atoms with Crippen molar-refractivity contribution in [2.45, 2.75) is 52.9 Å². The van der Waals surface area contributed by atoms with Crippen molar-refractivity contribution in [1.82, 2.24) is 5.32 Å². The number of carbonyl (C=O) groups is 2. The lowest BCUT2D eigenvalue weighted by Gasteiger charge is -2.23. The molecule has 16 heavy (non-hydrogen) atoms. The first-order chi connectivity index (χ1) is 7.62. The molecule has 94 valence electrons. The van der Waals surface area contributed by atoms with Crippen LogP contribution in [0.15, 0.2) is 0 Å². The topological polar surface area (TPSA) is 46.2 Å². The van der Waals surface area contributed by atoms with Crippen LogP contribution in [0.1, 0.15) is 52.9 Å². The molecule has 0 aliphatic rings. The van der Waals surface area contributed by atoms with Crippen molar-refractivity contribution in [3.63, 3.8) is 0 Å². The Kier molecular flexibility index (Phi) is 7.86. The van der Waals surface area contributed by atoms with Crippen molar-refractivity contribution in [1.29, 1.82) is 0 Å². The van der Waals surface area contributed by atoms with E-state index in [2.05, 4.69) is 19.2 Å². The molecule has 0 saturated heterocycles. The summed E-state index contributed by atoms with van der Waals surface area (Å²) in [5, 5.41) is 2.68. The Bertz CT molecular complexity index is 202. The van der Waals surface area contributed by atoms with Gasteiger partial charge in [0.1, 0.15) is 5.78 Å². The lowest BCUT2D eigenvalue weighted by atomic mass is 9.81. The number of rotatable bonds is 8. The van der Waals surface area contributed by atoms with Crippen LogP contribution in [0, 0.1) is 11.8 Å². The zero-order valence-corrected chi connectivity index (χ0v) is 11.0. The standard InChI is InChI=1S/C13H25NO2/c1-5-8-10(12(15)7-3)11(9-6-2)13(16)14-4/h10-11H,5-9H2,1-4H3,(H,14,16). The van der Waals surface area contributed by atoms with Gasteiger partial charge < -0.3 is 5.32 Å². The van der Waals surface area contributed by atoms with Gasteiger partial charge in [0.05, 0.1) is 0 Å². The molecule has 0 saturated carbocycles. The Morgan fingerprint density at radius 3 is 1.88 bits per heavy atom. The molecule has 0 spiro atoms. The molecule has 0 radical (unpaired) electrons. The number of hydrogen-bond donors (Lipinski definition) is 1. The fraction of sp³-hybridized carbons (Fsp3) is 0.846. The van der Waals surface area contributed by atoms with Crippen LogP contribution < -0.4 is 5.32 Å². The first-order valence-corrected chi connectivity index (χ1v) is 6.36. The molecule has 0 aliphatic heterocycles. The molecule has 1 amide bonds. The average Bonchev–Trinajstić information content (AvgIpc) is 2.31. The second-order valence-electron chi connectivity index (χ2n) is 4.22. The molecule has 0 aliphatic carbocycles. The van der Waals surface area contributed by atoms with Gasteiger partial charge in [0.25, 0.3) is 0 Å². The lowest BCUT2D eigenvalue weighted by Crippen LogP contribution is -2.36. The number of carbonyl (C=O) groups excluding carboxylic acids is 2. The predicted octanol–water partition coefficient (Wildman–Crippen LogP) is 2.54. The predicted molar refractivity (Wildman–Crippen MR) is 66.2 cm³/mol. The van der Waals surface area contributed by atoms with Crippen molar-refractivity contribution in [3.05, 3.63) is 0 Å². The van der Waals surface area contributed by atoms with E-state index in [1.807, 2.05) is 6.92 Å². The first kappa shape index (κ1) is 15.1. The fourth-order valence-corrected chi connectivity index (χ4v) is 2.17. The second kappa shape index (κ2) is 8.31. The van der Waals surface area contributed by atoms with E-state index in [-0.39, 0.29) is 23.5 Å². The smallest absolute Gasteiger partial charge is 0.223 e. The highest BCUT2D eigenvalue weighted by molar-refractivity contribution is 5.88. The summed E-state index contributed by atoms with van der Waals surface area (Å²) in [6, 6.07) is 0. The highest BCUT2D eigenvalue weighted by Crippen LogP contribution is 2.24. The molecule has 0 aromatic rings. The summed E-state index contributed by atoms with van der Waals surface area (Å²) in [6.07, 6.45) is 4.05. The molecule has 0 heterocycles. The van der Waals surface area contributed by atoms with Gasteiger partial charge in [-0.25, -0.2) is 0 Å². The maximum absolute atomic E-state index is 11.9. The quantitative estimate of drug-likeness (QED) is 0.692. The van der Waals surface area contributed by atoms with Gasteiger partial charge in [0.15, 0.2) is 0 Å². The van der Waals surface area contributed by atoms with Crippen LogP contribution in [0.3, 0.4) is 0 Å².